The summed E-state index contributed by atoms with van der Waals surface area (Å²) in [6, 6.07) is 0. The predicted molar refractivity (Wildman–Crippen MR) is 50.5 cm³/mol. The lowest BCUT2D eigenvalue weighted by Gasteiger charge is -2.35. The van der Waals surface area contributed by atoms with E-state index in [9.17, 15) is 9.32 Å². The zero-order valence-electron chi connectivity index (χ0n) is 7.72. The van der Waals surface area contributed by atoms with Crippen molar-refractivity contribution < 1.29 is 13.9 Å². The highest BCUT2D eigenvalue weighted by Crippen LogP contribution is 2.04. The summed E-state index contributed by atoms with van der Waals surface area (Å²) < 4.78 is 19.1. The van der Waals surface area contributed by atoms with Crippen molar-refractivity contribution in [1.82, 2.24) is 9.80 Å². The zero-order valence-corrected chi connectivity index (χ0v) is 8.53. The molecule has 0 amide bonds. The Morgan fingerprint density at radius 1 is 1.38 bits per heavy atom. The van der Waals surface area contributed by atoms with Gasteiger partial charge in [0, 0.05) is 26.2 Å². The van der Waals surface area contributed by atoms with Gasteiger partial charge in [-0.1, -0.05) is 0 Å². The first-order chi connectivity index (χ1) is 6.09. The van der Waals surface area contributed by atoms with Crippen LogP contribution in [0.5, 0.6) is 0 Å². The number of hydrogen-bond acceptors (Lipinski definition) is 4. The molecule has 1 aliphatic heterocycles. The van der Waals surface area contributed by atoms with Gasteiger partial charge >= 0.3 is 0 Å². The third-order valence-electron chi connectivity index (χ3n) is 2.23. The second kappa shape index (κ2) is 5.02. The topological polar surface area (TPSA) is 64.0 Å². The third-order valence-corrected chi connectivity index (χ3v) is 2.81. The van der Waals surface area contributed by atoms with Gasteiger partial charge in [-0.2, -0.15) is 0 Å². The van der Waals surface area contributed by atoms with Crippen LogP contribution >= 0.6 is 0 Å². The summed E-state index contributed by atoms with van der Waals surface area (Å²) in [5.74, 6) is 0.216. The lowest BCUT2D eigenvalue weighted by Crippen LogP contribution is -2.50. The van der Waals surface area contributed by atoms with Gasteiger partial charge in [-0.25, -0.2) is 4.21 Å². The minimum absolute atomic E-state index is 0.216. The van der Waals surface area contributed by atoms with Crippen molar-refractivity contribution >= 4 is 11.1 Å². The van der Waals surface area contributed by atoms with Crippen LogP contribution in [0.25, 0.3) is 0 Å². The van der Waals surface area contributed by atoms with Crippen molar-refractivity contribution in [3.63, 3.8) is 0 Å². The molecular formula is C7H16N2O3S. The van der Waals surface area contributed by atoms with Crippen molar-refractivity contribution in [3.05, 3.63) is 0 Å². The normalized spacial score (nSPS) is 25.8. The SMILES string of the molecule is CC(O)N1CCN(CS(=O)O)CC1. The highest BCUT2D eigenvalue weighted by molar-refractivity contribution is 7.79. The first-order valence-corrected chi connectivity index (χ1v) is 5.59. The van der Waals surface area contributed by atoms with Crippen molar-refractivity contribution in [1.29, 1.82) is 0 Å². The summed E-state index contributed by atoms with van der Waals surface area (Å²) in [5.41, 5.74) is 0. The van der Waals surface area contributed by atoms with Crippen LogP contribution in [0.15, 0.2) is 0 Å². The van der Waals surface area contributed by atoms with Gasteiger partial charge in [-0.15, -0.1) is 0 Å². The molecule has 78 valence electrons. The van der Waals surface area contributed by atoms with Gasteiger partial charge in [-0.3, -0.25) is 9.80 Å². The molecule has 0 saturated carbocycles. The fourth-order valence-corrected chi connectivity index (χ4v) is 1.99. The molecule has 1 saturated heterocycles. The number of hydrogen-bond donors (Lipinski definition) is 2. The highest BCUT2D eigenvalue weighted by atomic mass is 32.2. The molecular weight excluding hydrogens is 192 g/mol. The van der Waals surface area contributed by atoms with E-state index in [4.69, 9.17) is 4.55 Å². The summed E-state index contributed by atoms with van der Waals surface area (Å²) in [7, 11) is 0. The lowest BCUT2D eigenvalue weighted by atomic mass is 10.3. The van der Waals surface area contributed by atoms with Gasteiger partial charge in [0.1, 0.15) is 12.1 Å². The molecule has 2 atom stereocenters. The summed E-state index contributed by atoms with van der Waals surface area (Å²) in [6.07, 6.45) is -0.415. The quantitative estimate of drug-likeness (QED) is 0.590. The minimum atomic E-state index is -1.74. The van der Waals surface area contributed by atoms with Gasteiger partial charge < -0.3 is 9.66 Å². The maximum atomic E-state index is 10.5. The average Bonchev–Trinajstić information content (AvgIpc) is 2.04. The molecule has 0 aliphatic carbocycles. The van der Waals surface area contributed by atoms with Crippen LogP contribution in [-0.2, 0) is 11.1 Å². The van der Waals surface area contributed by atoms with Crippen molar-refractivity contribution in [3.8, 4) is 0 Å². The Kier molecular flexibility index (Phi) is 4.27. The second-order valence-electron chi connectivity index (χ2n) is 3.24. The Bertz CT molecular complexity index is 181. The number of piperazine rings is 1. The van der Waals surface area contributed by atoms with Gasteiger partial charge in [0.15, 0.2) is 11.1 Å². The van der Waals surface area contributed by atoms with E-state index in [1.807, 2.05) is 9.80 Å². The van der Waals surface area contributed by atoms with Crippen molar-refractivity contribution in [2.24, 2.45) is 0 Å². The highest BCUT2D eigenvalue weighted by Gasteiger charge is 2.20. The Hall–Kier alpha value is -0.0100. The molecule has 2 N–H and O–H groups in total. The van der Waals surface area contributed by atoms with E-state index < -0.39 is 17.3 Å². The maximum Gasteiger partial charge on any atom is 0.167 e. The molecule has 2 unspecified atom stereocenters. The van der Waals surface area contributed by atoms with Gasteiger partial charge in [0.2, 0.25) is 0 Å². The minimum Gasteiger partial charge on any atom is -0.379 e. The van der Waals surface area contributed by atoms with E-state index in [0.29, 0.717) is 0 Å². The summed E-state index contributed by atoms with van der Waals surface area (Å²) in [6.45, 7) is 4.75. The van der Waals surface area contributed by atoms with Gasteiger partial charge in [0.25, 0.3) is 0 Å². The second-order valence-corrected chi connectivity index (χ2v) is 4.14. The average molecular weight is 208 g/mol. The molecule has 1 aliphatic rings. The number of rotatable bonds is 3. The van der Waals surface area contributed by atoms with Crippen LogP contribution in [0.3, 0.4) is 0 Å². The van der Waals surface area contributed by atoms with Crippen molar-refractivity contribution in [2.45, 2.75) is 13.2 Å². The van der Waals surface area contributed by atoms with Crippen LogP contribution in [0, 0.1) is 0 Å². The maximum absolute atomic E-state index is 10.5. The summed E-state index contributed by atoms with van der Waals surface area (Å²) >= 11 is -1.74. The first kappa shape index (κ1) is 11.1. The van der Waals surface area contributed by atoms with Crippen LogP contribution in [0.2, 0.25) is 0 Å². The smallest absolute Gasteiger partial charge is 0.167 e. The van der Waals surface area contributed by atoms with Gasteiger partial charge in [-0.05, 0) is 6.92 Å². The van der Waals surface area contributed by atoms with E-state index in [0.717, 1.165) is 26.2 Å². The molecule has 5 nitrogen and oxygen atoms in total. The molecule has 13 heavy (non-hydrogen) atoms. The largest absolute Gasteiger partial charge is 0.379 e. The van der Waals surface area contributed by atoms with Crippen LogP contribution in [0.1, 0.15) is 6.92 Å². The summed E-state index contributed by atoms with van der Waals surface area (Å²) in [5, 5.41) is 9.24. The Labute approximate surface area is 80.6 Å². The summed E-state index contributed by atoms with van der Waals surface area (Å²) in [4.78, 5) is 3.87. The molecule has 0 aromatic heterocycles. The molecule has 0 spiro atoms. The monoisotopic (exact) mass is 208 g/mol. The van der Waals surface area contributed by atoms with Crippen molar-refractivity contribution in [2.75, 3.05) is 32.1 Å². The van der Waals surface area contributed by atoms with E-state index in [1.54, 1.807) is 6.92 Å². The fourth-order valence-electron chi connectivity index (χ4n) is 1.42. The van der Waals surface area contributed by atoms with E-state index in [-0.39, 0.29) is 5.88 Å². The molecule has 1 fully saturated rings. The molecule has 0 aromatic rings. The predicted octanol–water partition coefficient (Wildman–Crippen LogP) is -0.878. The fraction of sp³-hybridized carbons (Fsp3) is 1.00. The van der Waals surface area contributed by atoms with E-state index in [1.165, 1.54) is 0 Å². The Balaban J connectivity index is 2.26. The van der Waals surface area contributed by atoms with Crippen LogP contribution < -0.4 is 0 Å². The molecule has 6 heteroatoms. The standard InChI is InChI=1S/C7H16N2O3S/c1-7(10)9-4-2-8(3-5-9)6-13(11)12/h7,10H,2-6H2,1H3,(H,11,12). The molecule has 1 rings (SSSR count). The zero-order chi connectivity index (χ0) is 9.84. The number of aliphatic hydroxyl groups is 1. The van der Waals surface area contributed by atoms with Crippen LogP contribution in [0.4, 0.5) is 0 Å². The molecule has 0 bridgehead atoms. The van der Waals surface area contributed by atoms with E-state index in [2.05, 4.69) is 0 Å². The molecule has 0 aromatic carbocycles. The molecule has 0 radical (unpaired) electrons. The first-order valence-electron chi connectivity index (χ1n) is 4.31. The number of nitrogens with zero attached hydrogens (tertiary/aromatic N) is 2. The Morgan fingerprint density at radius 3 is 2.31 bits per heavy atom. The number of aliphatic hydroxyl groups excluding tert-OH is 1. The Morgan fingerprint density at radius 2 is 1.92 bits per heavy atom. The van der Waals surface area contributed by atoms with Gasteiger partial charge in [0.05, 0.1) is 0 Å². The molecule has 1 heterocycles. The van der Waals surface area contributed by atoms with Crippen LogP contribution in [-0.4, -0.2) is 62.0 Å². The van der Waals surface area contributed by atoms with E-state index >= 15 is 0 Å². The lowest BCUT2D eigenvalue weighted by molar-refractivity contribution is -0.00953. The third kappa shape index (κ3) is 3.70.